The summed E-state index contributed by atoms with van der Waals surface area (Å²) in [5.41, 5.74) is 1.98. The second-order valence-electron chi connectivity index (χ2n) is 4.06. The second-order valence-corrected chi connectivity index (χ2v) is 4.06. The van der Waals surface area contributed by atoms with Crippen molar-refractivity contribution in [2.24, 2.45) is 0 Å². The standard InChI is InChI=1S/C12H12N4O/c17-12(16-8-6-13-7-8)9-2-1-3-10-11(9)15-5-4-14-10/h1-5,8,13H,6-7H2,(H,16,17). The van der Waals surface area contributed by atoms with E-state index in [1.807, 2.05) is 12.1 Å². The minimum absolute atomic E-state index is 0.0809. The summed E-state index contributed by atoms with van der Waals surface area (Å²) >= 11 is 0. The highest BCUT2D eigenvalue weighted by Crippen LogP contribution is 2.13. The molecule has 1 fully saturated rings. The third-order valence-corrected chi connectivity index (χ3v) is 2.86. The maximum absolute atomic E-state index is 12.1. The van der Waals surface area contributed by atoms with Gasteiger partial charge in [-0.1, -0.05) is 6.07 Å². The quantitative estimate of drug-likeness (QED) is 0.777. The number of hydrogen-bond acceptors (Lipinski definition) is 4. The summed E-state index contributed by atoms with van der Waals surface area (Å²) in [7, 11) is 0. The van der Waals surface area contributed by atoms with Crippen molar-refractivity contribution >= 4 is 16.9 Å². The Labute approximate surface area is 98.3 Å². The van der Waals surface area contributed by atoms with E-state index < -0.39 is 0 Å². The Kier molecular flexibility index (Phi) is 2.45. The first kappa shape index (κ1) is 10.2. The molecule has 2 aromatic rings. The van der Waals surface area contributed by atoms with Gasteiger partial charge in [0.2, 0.25) is 0 Å². The molecule has 0 aliphatic carbocycles. The molecule has 0 spiro atoms. The van der Waals surface area contributed by atoms with Crippen molar-refractivity contribution in [3.8, 4) is 0 Å². The molecule has 1 aromatic carbocycles. The SMILES string of the molecule is O=C(NC1CNC1)c1cccc2nccnc12. The van der Waals surface area contributed by atoms with E-state index in [1.165, 1.54) is 0 Å². The van der Waals surface area contributed by atoms with Crippen molar-refractivity contribution in [1.29, 1.82) is 0 Å². The minimum Gasteiger partial charge on any atom is -0.347 e. The molecule has 1 saturated heterocycles. The van der Waals surface area contributed by atoms with Crippen LogP contribution in [0.2, 0.25) is 0 Å². The van der Waals surface area contributed by atoms with Crippen molar-refractivity contribution in [2.45, 2.75) is 6.04 Å². The van der Waals surface area contributed by atoms with Crippen molar-refractivity contribution in [3.05, 3.63) is 36.2 Å². The van der Waals surface area contributed by atoms with Crippen LogP contribution in [0.15, 0.2) is 30.6 Å². The van der Waals surface area contributed by atoms with Crippen LogP contribution >= 0.6 is 0 Å². The van der Waals surface area contributed by atoms with Gasteiger partial charge in [0.1, 0.15) is 5.52 Å². The molecule has 1 aromatic heterocycles. The molecule has 0 bridgehead atoms. The Morgan fingerprint density at radius 2 is 2.12 bits per heavy atom. The number of aromatic nitrogens is 2. The molecule has 0 atom stereocenters. The van der Waals surface area contributed by atoms with Crippen LogP contribution in [0.1, 0.15) is 10.4 Å². The van der Waals surface area contributed by atoms with Gasteiger partial charge < -0.3 is 10.6 Å². The third kappa shape index (κ3) is 1.85. The zero-order valence-electron chi connectivity index (χ0n) is 9.18. The van der Waals surface area contributed by atoms with Gasteiger partial charge in [0.05, 0.1) is 17.1 Å². The zero-order valence-corrected chi connectivity index (χ0v) is 9.18. The molecule has 2 heterocycles. The predicted octanol–water partition coefficient (Wildman–Crippen LogP) is 0.331. The van der Waals surface area contributed by atoms with Crippen LogP contribution in [-0.4, -0.2) is 35.0 Å². The first-order valence-electron chi connectivity index (χ1n) is 5.56. The highest BCUT2D eigenvalue weighted by molar-refractivity contribution is 6.04. The summed E-state index contributed by atoms with van der Waals surface area (Å²) in [5, 5.41) is 6.07. The van der Waals surface area contributed by atoms with Crippen LogP contribution in [0.3, 0.4) is 0 Å². The molecule has 1 aliphatic heterocycles. The van der Waals surface area contributed by atoms with Gasteiger partial charge in [-0.25, -0.2) is 0 Å². The van der Waals surface area contributed by atoms with Gasteiger partial charge in [-0.3, -0.25) is 14.8 Å². The average Bonchev–Trinajstić information content (AvgIpc) is 2.33. The number of para-hydroxylation sites is 1. The zero-order chi connectivity index (χ0) is 11.7. The molecule has 2 N–H and O–H groups in total. The molecule has 1 amide bonds. The van der Waals surface area contributed by atoms with Crippen molar-refractivity contribution in [3.63, 3.8) is 0 Å². The highest BCUT2D eigenvalue weighted by Gasteiger charge is 2.20. The van der Waals surface area contributed by atoms with E-state index in [0.717, 1.165) is 18.6 Å². The Morgan fingerprint density at radius 3 is 2.88 bits per heavy atom. The van der Waals surface area contributed by atoms with Gasteiger partial charge in [-0.15, -0.1) is 0 Å². The van der Waals surface area contributed by atoms with E-state index in [9.17, 15) is 4.79 Å². The monoisotopic (exact) mass is 228 g/mol. The first-order valence-corrected chi connectivity index (χ1v) is 5.56. The van der Waals surface area contributed by atoms with Gasteiger partial charge in [-0.2, -0.15) is 0 Å². The molecule has 0 saturated carbocycles. The van der Waals surface area contributed by atoms with E-state index in [2.05, 4.69) is 20.6 Å². The molecule has 5 heteroatoms. The normalized spacial score (nSPS) is 15.5. The minimum atomic E-state index is -0.0809. The summed E-state index contributed by atoms with van der Waals surface area (Å²) < 4.78 is 0. The van der Waals surface area contributed by atoms with E-state index >= 15 is 0 Å². The van der Waals surface area contributed by atoms with Crippen molar-refractivity contribution in [1.82, 2.24) is 20.6 Å². The van der Waals surface area contributed by atoms with Crippen LogP contribution < -0.4 is 10.6 Å². The lowest BCUT2D eigenvalue weighted by Gasteiger charge is -2.27. The molecule has 17 heavy (non-hydrogen) atoms. The number of hydrogen-bond donors (Lipinski definition) is 2. The van der Waals surface area contributed by atoms with Gasteiger partial charge in [0.25, 0.3) is 5.91 Å². The van der Waals surface area contributed by atoms with E-state index in [1.54, 1.807) is 18.5 Å². The number of carbonyl (C=O) groups excluding carboxylic acids is 1. The fourth-order valence-electron chi connectivity index (χ4n) is 1.83. The van der Waals surface area contributed by atoms with Crippen LogP contribution in [0, 0.1) is 0 Å². The van der Waals surface area contributed by atoms with Crippen molar-refractivity contribution < 1.29 is 4.79 Å². The van der Waals surface area contributed by atoms with Gasteiger partial charge in [0.15, 0.2) is 0 Å². The summed E-state index contributed by atoms with van der Waals surface area (Å²) in [6, 6.07) is 5.68. The van der Waals surface area contributed by atoms with Crippen LogP contribution in [0.25, 0.3) is 11.0 Å². The van der Waals surface area contributed by atoms with Crippen LogP contribution in [0.5, 0.6) is 0 Å². The first-order chi connectivity index (χ1) is 8.34. The fourth-order valence-corrected chi connectivity index (χ4v) is 1.83. The number of carbonyl (C=O) groups is 1. The van der Waals surface area contributed by atoms with Gasteiger partial charge in [0, 0.05) is 25.5 Å². The third-order valence-electron chi connectivity index (χ3n) is 2.86. The Bertz CT molecular complexity index is 560. The molecule has 1 aliphatic rings. The second kappa shape index (κ2) is 4.10. The molecular weight excluding hydrogens is 216 g/mol. The summed E-state index contributed by atoms with van der Waals surface area (Å²) in [6.07, 6.45) is 3.23. The molecule has 86 valence electrons. The number of nitrogens with zero attached hydrogens (tertiary/aromatic N) is 2. The predicted molar refractivity (Wildman–Crippen MR) is 63.7 cm³/mol. The number of benzene rings is 1. The smallest absolute Gasteiger partial charge is 0.253 e. The number of fused-ring (bicyclic) bond motifs is 1. The van der Waals surface area contributed by atoms with E-state index in [0.29, 0.717) is 11.1 Å². The average molecular weight is 228 g/mol. The fraction of sp³-hybridized carbons (Fsp3) is 0.250. The summed E-state index contributed by atoms with van der Waals surface area (Å²) in [5.74, 6) is -0.0809. The van der Waals surface area contributed by atoms with E-state index in [-0.39, 0.29) is 11.9 Å². The Morgan fingerprint density at radius 1 is 1.29 bits per heavy atom. The maximum atomic E-state index is 12.1. The lowest BCUT2D eigenvalue weighted by molar-refractivity contribution is 0.0925. The summed E-state index contributed by atoms with van der Waals surface area (Å²) in [6.45, 7) is 1.67. The molecule has 0 radical (unpaired) electrons. The molecule has 3 rings (SSSR count). The molecular formula is C12H12N4O. The highest BCUT2D eigenvalue weighted by atomic mass is 16.1. The lowest BCUT2D eigenvalue weighted by Crippen LogP contribution is -2.56. The number of amides is 1. The van der Waals surface area contributed by atoms with Crippen molar-refractivity contribution in [2.75, 3.05) is 13.1 Å². The Hall–Kier alpha value is -2.01. The van der Waals surface area contributed by atoms with Gasteiger partial charge >= 0.3 is 0 Å². The van der Waals surface area contributed by atoms with Gasteiger partial charge in [-0.05, 0) is 12.1 Å². The lowest BCUT2D eigenvalue weighted by atomic mass is 10.1. The number of rotatable bonds is 2. The maximum Gasteiger partial charge on any atom is 0.253 e. The van der Waals surface area contributed by atoms with Crippen LogP contribution in [0.4, 0.5) is 0 Å². The molecule has 5 nitrogen and oxygen atoms in total. The van der Waals surface area contributed by atoms with E-state index in [4.69, 9.17) is 0 Å². The van der Waals surface area contributed by atoms with Crippen LogP contribution in [-0.2, 0) is 0 Å². The Balaban J connectivity index is 1.95. The topological polar surface area (TPSA) is 66.9 Å². The largest absolute Gasteiger partial charge is 0.347 e. The molecule has 0 unspecified atom stereocenters. The summed E-state index contributed by atoms with van der Waals surface area (Å²) in [4.78, 5) is 20.5. The number of nitrogens with one attached hydrogen (secondary N) is 2.